The lowest BCUT2D eigenvalue weighted by molar-refractivity contribution is 0.288. The summed E-state index contributed by atoms with van der Waals surface area (Å²) >= 11 is 0. The fraction of sp³-hybridized carbons (Fsp3) is 0.538. The predicted octanol–water partition coefficient (Wildman–Crippen LogP) is 1.49. The zero-order valence-corrected chi connectivity index (χ0v) is 11.4. The van der Waals surface area contributed by atoms with Crippen LogP contribution in [0.4, 0.5) is 0 Å². The van der Waals surface area contributed by atoms with E-state index in [1.54, 1.807) is 6.92 Å². The Hall–Kier alpha value is -1.07. The maximum absolute atomic E-state index is 11.3. The molecule has 0 unspecified atom stereocenters. The Balaban J connectivity index is 1.94. The van der Waals surface area contributed by atoms with Gasteiger partial charge in [-0.3, -0.25) is 0 Å². The minimum absolute atomic E-state index is 0.130. The van der Waals surface area contributed by atoms with Crippen molar-refractivity contribution in [2.24, 2.45) is 0 Å². The van der Waals surface area contributed by atoms with Crippen molar-refractivity contribution < 1.29 is 13.2 Å². The topological polar surface area (TPSA) is 55.4 Å². The molecule has 1 aromatic carbocycles. The summed E-state index contributed by atoms with van der Waals surface area (Å²) < 4.78 is 30.7. The van der Waals surface area contributed by atoms with Gasteiger partial charge in [0, 0.05) is 6.54 Å². The van der Waals surface area contributed by atoms with Crippen molar-refractivity contribution >= 4 is 10.0 Å². The highest BCUT2D eigenvalue weighted by Crippen LogP contribution is 2.25. The van der Waals surface area contributed by atoms with E-state index in [4.69, 9.17) is 4.74 Å². The van der Waals surface area contributed by atoms with Gasteiger partial charge in [0.25, 0.3) is 0 Å². The summed E-state index contributed by atoms with van der Waals surface area (Å²) in [6.07, 6.45) is 2.81. The SMILES string of the molecule is CCS(=O)(=O)NCCc1ccc2c(c1)CCCO2. The number of aryl methyl sites for hydroxylation is 1. The molecular weight excluding hydrogens is 250 g/mol. The van der Waals surface area contributed by atoms with Gasteiger partial charge in [-0.05, 0) is 43.4 Å². The Morgan fingerprint density at radius 2 is 2.22 bits per heavy atom. The molecule has 2 rings (SSSR count). The Labute approximate surface area is 108 Å². The van der Waals surface area contributed by atoms with Crippen LogP contribution in [0.15, 0.2) is 18.2 Å². The summed E-state index contributed by atoms with van der Waals surface area (Å²) in [6, 6.07) is 6.11. The van der Waals surface area contributed by atoms with Crippen LogP contribution in [0.3, 0.4) is 0 Å². The van der Waals surface area contributed by atoms with E-state index in [9.17, 15) is 8.42 Å². The Morgan fingerprint density at radius 1 is 1.39 bits per heavy atom. The second-order valence-corrected chi connectivity index (χ2v) is 6.54. The first-order valence-electron chi connectivity index (χ1n) is 6.32. The molecule has 4 nitrogen and oxygen atoms in total. The van der Waals surface area contributed by atoms with Crippen molar-refractivity contribution in [1.82, 2.24) is 4.72 Å². The third kappa shape index (κ3) is 3.46. The van der Waals surface area contributed by atoms with Crippen LogP contribution < -0.4 is 9.46 Å². The lowest BCUT2D eigenvalue weighted by atomic mass is 10.0. The van der Waals surface area contributed by atoms with Crippen LogP contribution >= 0.6 is 0 Å². The van der Waals surface area contributed by atoms with E-state index in [2.05, 4.69) is 10.8 Å². The van der Waals surface area contributed by atoms with E-state index in [0.29, 0.717) is 13.0 Å². The molecule has 1 aromatic rings. The van der Waals surface area contributed by atoms with Crippen LogP contribution in [0.25, 0.3) is 0 Å². The summed E-state index contributed by atoms with van der Waals surface area (Å²) in [5, 5.41) is 0. The molecule has 0 aromatic heterocycles. The second kappa shape index (κ2) is 5.71. The van der Waals surface area contributed by atoms with Crippen LogP contribution in [-0.2, 0) is 22.9 Å². The Bertz CT molecular complexity index is 511. The smallest absolute Gasteiger partial charge is 0.211 e. The van der Waals surface area contributed by atoms with Crippen molar-refractivity contribution in [2.75, 3.05) is 18.9 Å². The van der Waals surface area contributed by atoms with Gasteiger partial charge < -0.3 is 4.74 Å². The van der Waals surface area contributed by atoms with E-state index in [1.165, 1.54) is 5.56 Å². The maximum Gasteiger partial charge on any atom is 0.211 e. The molecule has 1 aliphatic heterocycles. The highest BCUT2D eigenvalue weighted by Gasteiger charge is 2.11. The third-order valence-electron chi connectivity index (χ3n) is 3.09. The van der Waals surface area contributed by atoms with Gasteiger partial charge in [0.05, 0.1) is 12.4 Å². The standard InChI is InChI=1S/C13H19NO3S/c1-2-18(15,16)14-8-7-11-5-6-13-12(10-11)4-3-9-17-13/h5-6,10,14H,2-4,7-9H2,1H3. The Morgan fingerprint density at radius 3 is 3.00 bits per heavy atom. The van der Waals surface area contributed by atoms with Crippen LogP contribution in [0, 0.1) is 0 Å². The van der Waals surface area contributed by atoms with Crippen molar-refractivity contribution in [3.8, 4) is 5.75 Å². The van der Waals surface area contributed by atoms with Gasteiger partial charge in [0.15, 0.2) is 0 Å². The fourth-order valence-corrected chi connectivity index (χ4v) is 2.64. The lowest BCUT2D eigenvalue weighted by Crippen LogP contribution is -2.27. The van der Waals surface area contributed by atoms with E-state index >= 15 is 0 Å². The van der Waals surface area contributed by atoms with E-state index in [-0.39, 0.29) is 5.75 Å². The molecule has 1 aliphatic rings. The number of ether oxygens (including phenoxy) is 1. The highest BCUT2D eigenvalue weighted by atomic mass is 32.2. The summed E-state index contributed by atoms with van der Waals surface area (Å²) in [6.45, 7) is 2.89. The number of nitrogens with one attached hydrogen (secondary N) is 1. The number of hydrogen-bond donors (Lipinski definition) is 1. The van der Waals surface area contributed by atoms with Crippen molar-refractivity contribution in [3.05, 3.63) is 29.3 Å². The van der Waals surface area contributed by atoms with Gasteiger partial charge in [0.1, 0.15) is 5.75 Å². The molecule has 0 spiro atoms. The molecule has 5 heteroatoms. The van der Waals surface area contributed by atoms with Gasteiger partial charge >= 0.3 is 0 Å². The predicted molar refractivity (Wildman–Crippen MR) is 71.4 cm³/mol. The molecule has 0 aliphatic carbocycles. The van der Waals surface area contributed by atoms with E-state index in [1.807, 2.05) is 12.1 Å². The van der Waals surface area contributed by atoms with Crippen LogP contribution in [0.5, 0.6) is 5.75 Å². The van der Waals surface area contributed by atoms with Crippen molar-refractivity contribution in [1.29, 1.82) is 0 Å². The van der Waals surface area contributed by atoms with Crippen LogP contribution in [-0.4, -0.2) is 27.3 Å². The first-order chi connectivity index (χ1) is 8.61. The first kappa shape index (κ1) is 13.4. The third-order valence-corrected chi connectivity index (χ3v) is 4.49. The average Bonchev–Trinajstić information content (AvgIpc) is 2.38. The Kier molecular flexibility index (Phi) is 4.24. The molecule has 0 atom stereocenters. The van der Waals surface area contributed by atoms with Crippen molar-refractivity contribution in [3.63, 3.8) is 0 Å². The summed E-state index contributed by atoms with van der Waals surface area (Å²) in [7, 11) is -3.08. The minimum Gasteiger partial charge on any atom is -0.493 e. The fourth-order valence-electron chi connectivity index (χ4n) is 2.02. The second-order valence-electron chi connectivity index (χ2n) is 4.44. The molecule has 1 heterocycles. The zero-order valence-electron chi connectivity index (χ0n) is 10.6. The molecule has 18 heavy (non-hydrogen) atoms. The number of hydrogen-bond acceptors (Lipinski definition) is 3. The molecule has 0 saturated heterocycles. The lowest BCUT2D eigenvalue weighted by Gasteiger charge is -2.17. The van der Waals surface area contributed by atoms with Gasteiger partial charge in [-0.25, -0.2) is 13.1 Å². The molecule has 100 valence electrons. The van der Waals surface area contributed by atoms with Gasteiger partial charge in [-0.2, -0.15) is 0 Å². The molecule has 0 bridgehead atoms. The minimum atomic E-state index is -3.08. The molecular formula is C13H19NO3S. The molecule has 0 saturated carbocycles. The largest absolute Gasteiger partial charge is 0.493 e. The zero-order chi connectivity index (χ0) is 13.0. The number of rotatable bonds is 5. The maximum atomic E-state index is 11.3. The highest BCUT2D eigenvalue weighted by molar-refractivity contribution is 7.89. The number of benzene rings is 1. The summed E-state index contributed by atoms with van der Waals surface area (Å²) in [4.78, 5) is 0. The van der Waals surface area contributed by atoms with Crippen molar-refractivity contribution in [2.45, 2.75) is 26.2 Å². The summed E-state index contributed by atoms with van der Waals surface area (Å²) in [5.41, 5.74) is 2.38. The molecule has 0 amide bonds. The quantitative estimate of drug-likeness (QED) is 0.881. The molecule has 0 fully saturated rings. The first-order valence-corrected chi connectivity index (χ1v) is 7.98. The van der Waals surface area contributed by atoms with Crippen LogP contribution in [0.2, 0.25) is 0 Å². The molecule has 0 radical (unpaired) electrons. The van der Waals surface area contributed by atoms with E-state index in [0.717, 1.165) is 30.8 Å². The summed E-state index contributed by atoms with van der Waals surface area (Å²) in [5.74, 6) is 1.10. The number of fused-ring (bicyclic) bond motifs is 1. The van der Waals surface area contributed by atoms with Gasteiger partial charge in [-0.1, -0.05) is 12.1 Å². The normalized spacial score (nSPS) is 14.9. The van der Waals surface area contributed by atoms with Gasteiger partial charge in [0.2, 0.25) is 10.0 Å². The monoisotopic (exact) mass is 269 g/mol. The average molecular weight is 269 g/mol. The number of sulfonamides is 1. The van der Waals surface area contributed by atoms with Crippen LogP contribution in [0.1, 0.15) is 24.5 Å². The van der Waals surface area contributed by atoms with Gasteiger partial charge in [-0.15, -0.1) is 0 Å². The molecule has 1 N–H and O–H groups in total. The van der Waals surface area contributed by atoms with E-state index < -0.39 is 10.0 Å².